The van der Waals surface area contributed by atoms with Crippen molar-refractivity contribution in [1.82, 2.24) is 15.5 Å². The third kappa shape index (κ3) is 3.54. The quantitative estimate of drug-likeness (QED) is 0.822. The largest absolute Gasteiger partial charge is 0.407 e. The van der Waals surface area contributed by atoms with E-state index < -0.39 is 0 Å². The fourth-order valence-electron chi connectivity index (χ4n) is 1.53. The molecule has 2 aromatic rings. The lowest BCUT2D eigenvalue weighted by Gasteiger charge is -2.09. The van der Waals surface area contributed by atoms with Gasteiger partial charge >= 0.3 is 6.01 Å². The normalized spacial score (nSPS) is 12.6. The number of anilines is 1. The molecule has 0 aromatic carbocycles. The van der Waals surface area contributed by atoms with Crippen molar-refractivity contribution in [2.45, 2.75) is 25.9 Å². The van der Waals surface area contributed by atoms with Crippen molar-refractivity contribution >= 4 is 17.4 Å². The zero-order chi connectivity index (χ0) is 12.1. The van der Waals surface area contributed by atoms with Crippen LogP contribution in [0.25, 0.3) is 0 Å². The SMILES string of the molecule is CNCc1nnc(NC(C)Cc2cccs2)o1. The number of nitrogens with one attached hydrogen (secondary N) is 2. The Morgan fingerprint density at radius 3 is 3.06 bits per heavy atom. The lowest BCUT2D eigenvalue weighted by atomic mass is 10.2. The number of nitrogens with zero attached hydrogens (tertiary/aromatic N) is 2. The Morgan fingerprint density at radius 1 is 1.47 bits per heavy atom. The average molecular weight is 252 g/mol. The highest BCUT2D eigenvalue weighted by molar-refractivity contribution is 7.09. The monoisotopic (exact) mass is 252 g/mol. The highest BCUT2D eigenvalue weighted by Gasteiger charge is 2.09. The maximum Gasteiger partial charge on any atom is 0.315 e. The van der Waals surface area contributed by atoms with Crippen molar-refractivity contribution in [2.75, 3.05) is 12.4 Å². The molecular formula is C11H16N4OS. The molecule has 1 atom stereocenters. The van der Waals surface area contributed by atoms with Crippen molar-refractivity contribution in [3.05, 3.63) is 28.3 Å². The maximum absolute atomic E-state index is 5.42. The molecule has 0 aliphatic heterocycles. The maximum atomic E-state index is 5.42. The molecule has 2 rings (SSSR count). The van der Waals surface area contributed by atoms with Gasteiger partial charge in [0, 0.05) is 17.3 Å². The van der Waals surface area contributed by atoms with E-state index in [1.54, 1.807) is 11.3 Å². The second-order valence-corrected chi connectivity index (χ2v) is 4.89. The number of rotatable bonds is 6. The van der Waals surface area contributed by atoms with Gasteiger partial charge in [0.25, 0.3) is 0 Å². The van der Waals surface area contributed by atoms with E-state index in [1.165, 1.54) is 4.88 Å². The van der Waals surface area contributed by atoms with Gasteiger partial charge in [-0.1, -0.05) is 11.2 Å². The summed E-state index contributed by atoms with van der Waals surface area (Å²) in [7, 11) is 1.84. The Labute approximate surface area is 104 Å². The average Bonchev–Trinajstić information content (AvgIpc) is 2.91. The molecule has 6 heteroatoms. The minimum absolute atomic E-state index is 0.275. The van der Waals surface area contributed by atoms with Gasteiger partial charge in [0.05, 0.1) is 6.54 Å². The van der Waals surface area contributed by atoms with E-state index >= 15 is 0 Å². The summed E-state index contributed by atoms with van der Waals surface area (Å²) in [5.74, 6) is 0.596. The van der Waals surface area contributed by atoms with E-state index in [2.05, 4.69) is 45.3 Å². The molecule has 5 nitrogen and oxygen atoms in total. The molecule has 1 unspecified atom stereocenters. The fourth-order valence-corrected chi connectivity index (χ4v) is 2.36. The van der Waals surface area contributed by atoms with E-state index in [1.807, 2.05) is 7.05 Å². The Balaban J connectivity index is 1.86. The molecule has 0 aliphatic carbocycles. The van der Waals surface area contributed by atoms with E-state index in [0.717, 1.165) is 6.42 Å². The first-order valence-electron chi connectivity index (χ1n) is 5.54. The van der Waals surface area contributed by atoms with Crippen LogP contribution in [-0.2, 0) is 13.0 Å². The van der Waals surface area contributed by atoms with Gasteiger partial charge in [0.1, 0.15) is 0 Å². The van der Waals surface area contributed by atoms with Crippen LogP contribution in [0.5, 0.6) is 0 Å². The molecule has 2 aromatic heterocycles. The first kappa shape index (κ1) is 12.1. The number of aromatic nitrogens is 2. The predicted molar refractivity (Wildman–Crippen MR) is 68.2 cm³/mol. The van der Waals surface area contributed by atoms with Crippen molar-refractivity contribution in [3.8, 4) is 0 Å². The van der Waals surface area contributed by atoms with Crippen LogP contribution in [0.1, 0.15) is 17.7 Å². The van der Waals surface area contributed by atoms with Crippen LogP contribution in [0.4, 0.5) is 6.01 Å². The van der Waals surface area contributed by atoms with Crippen LogP contribution < -0.4 is 10.6 Å². The smallest absolute Gasteiger partial charge is 0.315 e. The van der Waals surface area contributed by atoms with E-state index in [-0.39, 0.29) is 6.04 Å². The number of hydrogen-bond donors (Lipinski definition) is 2. The molecule has 0 saturated heterocycles. The summed E-state index contributed by atoms with van der Waals surface area (Å²) in [5, 5.41) is 16.1. The highest BCUT2D eigenvalue weighted by atomic mass is 32.1. The Bertz CT molecular complexity index is 440. The lowest BCUT2D eigenvalue weighted by Crippen LogP contribution is -2.17. The van der Waals surface area contributed by atoms with E-state index in [0.29, 0.717) is 18.5 Å². The zero-order valence-electron chi connectivity index (χ0n) is 9.93. The minimum atomic E-state index is 0.275. The van der Waals surface area contributed by atoms with Crippen LogP contribution in [-0.4, -0.2) is 23.3 Å². The van der Waals surface area contributed by atoms with Crippen LogP contribution in [0.2, 0.25) is 0 Å². The third-order valence-electron chi connectivity index (χ3n) is 2.25. The van der Waals surface area contributed by atoms with Crippen molar-refractivity contribution < 1.29 is 4.42 Å². The van der Waals surface area contributed by atoms with Gasteiger partial charge in [-0.25, -0.2) is 0 Å². The van der Waals surface area contributed by atoms with Gasteiger partial charge in [0.2, 0.25) is 5.89 Å². The minimum Gasteiger partial charge on any atom is -0.407 e. The van der Waals surface area contributed by atoms with Gasteiger partial charge < -0.3 is 15.1 Å². The highest BCUT2D eigenvalue weighted by Crippen LogP contribution is 2.14. The van der Waals surface area contributed by atoms with E-state index in [4.69, 9.17) is 4.42 Å². The third-order valence-corrected chi connectivity index (χ3v) is 3.15. The fraction of sp³-hybridized carbons (Fsp3) is 0.455. The van der Waals surface area contributed by atoms with Crippen LogP contribution in [0.15, 0.2) is 21.9 Å². The Kier molecular flexibility index (Phi) is 4.11. The summed E-state index contributed by atoms with van der Waals surface area (Å²) in [4.78, 5) is 1.35. The molecular weight excluding hydrogens is 236 g/mol. The molecule has 0 amide bonds. The van der Waals surface area contributed by atoms with Crippen molar-refractivity contribution in [1.29, 1.82) is 0 Å². The number of hydrogen-bond acceptors (Lipinski definition) is 6. The summed E-state index contributed by atoms with van der Waals surface area (Å²) in [6.07, 6.45) is 0.960. The van der Waals surface area contributed by atoms with Crippen LogP contribution in [0, 0.1) is 0 Å². The zero-order valence-corrected chi connectivity index (χ0v) is 10.8. The predicted octanol–water partition coefficient (Wildman–Crippen LogP) is 1.89. The molecule has 2 N–H and O–H groups in total. The van der Waals surface area contributed by atoms with E-state index in [9.17, 15) is 0 Å². The summed E-state index contributed by atoms with van der Waals surface area (Å²) < 4.78 is 5.42. The molecule has 0 spiro atoms. The van der Waals surface area contributed by atoms with Gasteiger partial charge in [-0.05, 0) is 25.4 Å². The van der Waals surface area contributed by atoms with Crippen molar-refractivity contribution in [2.24, 2.45) is 0 Å². The number of thiophene rings is 1. The first-order chi connectivity index (χ1) is 8.28. The molecule has 0 aliphatic rings. The summed E-state index contributed by atoms with van der Waals surface area (Å²) in [6, 6.07) is 4.95. The lowest BCUT2D eigenvalue weighted by molar-refractivity contribution is 0.485. The first-order valence-corrected chi connectivity index (χ1v) is 6.42. The van der Waals surface area contributed by atoms with Gasteiger partial charge in [-0.3, -0.25) is 0 Å². The summed E-state index contributed by atoms with van der Waals surface area (Å²) in [6.45, 7) is 2.69. The molecule has 92 valence electrons. The molecule has 17 heavy (non-hydrogen) atoms. The molecule has 0 radical (unpaired) electrons. The van der Waals surface area contributed by atoms with Crippen LogP contribution in [0.3, 0.4) is 0 Å². The van der Waals surface area contributed by atoms with Gasteiger partial charge in [-0.2, -0.15) is 0 Å². The Morgan fingerprint density at radius 2 is 2.35 bits per heavy atom. The molecule has 0 saturated carbocycles. The topological polar surface area (TPSA) is 63.0 Å². The summed E-state index contributed by atoms with van der Waals surface area (Å²) >= 11 is 1.76. The Hall–Kier alpha value is -1.40. The standard InChI is InChI=1S/C11H16N4OS/c1-8(6-9-4-3-5-17-9)13-11-15-14-10(16-11)7-12-2/h3-5,8,12H,6-7H2,1-2H3,(H,13,15). The molecule has 2 heterocycles. The molecule has 0 fully saturated rings. The van der Waals surface area contributed by atoms with Crippen LogP contribution >= 0.6 is 11.3 Å². The summed E-state index contributed by atoms with van der Waals surface area (Å²) in [5.41, 5.74) is 0. The second-order valence-electron chi connectivity index (χ2n) is 3.86. The van der Waals surface area contributed by atoms with Gasteiger partial charge in [0.15, 0.2) is 0 Å². The second kappa shape index (κ2) is 5.79. The molecule has 0 bridgehead atoms. The van der Waals surface area contributed by atoms with Crippen molar-refractivity contribution in [3.63, 3.8) is 0 Å². The van der Waals surface area contributed by atoms with Gasteiger partial charge in [-0.15, -0.1) is 16.4 Å².